The molecule has 2 N–H and O–H groups in total. The highest BCUT2D eigenvalue weighted by Crippen LogP contribution is 2.27. The van der Waals surface area contributed by atoms with Gasteiger partial charge in [0, 0.05) is 12.1 Å². The quantitative estimate of drug-likeness (QED) is 0.675. The van der Waals surface area contributed by atoms with Crippen LogP contribution in [0.5, 0.6) is 0 Å². The first-order chi connectivity index (χ1) is 12.5. The summed E-state index contributed by atoms with van der Waals surface area (Å²) in [6.45, 7) is 5.68. The number of rotatable bonds is 5. The number of aromatic nitrogens is 4. The van der Waals surface area contributed by atoms with Crippen molar-refractivity contribution in [2.45, 2.75) is 26.7 Å². The second-order valence-corrected chi connectivity index (χ2v) is 6.89. The number of carbonyl (C=O) groups is 1. The average molecular weight is 369 g/mol. The van der Waals surface area contributed by atoms with Crippen LogP contribution in [0.15, 0.2) is 46.6 Å². The predicted octanol–water partition coefficient (Wildman–Crippen LogP) is 3.32. The molecule has 134 valence electrons. The minimum Gasteiger partial charge on any atom is -0.307 e. The van der Waals surface area contributed by atoms with Crippen molar-refractivity contribution >= 4 is 23.1 Å². The fourth-order valence-electron chi connectivity index (χ4n) is 2.35. The van der Waals surface area contributed by atoms with Gasteiger partial charge in [0.05, 0.1) is 10.6 Å². The van der Waals surface area contributed by atoms with Gasteiger partial charge in [-0.3, -0.25) is 14.6 Å². The zero-order valence-corrected chi connectivity index (χ0v) is 15.5. The van der Waals surface area contributed by atoms with E-state index < -0.39 is 0 Å². The number of amides is 1. The molecule has 0 aliphatic carbocycles. The molecule has 3 rings (SSSR count). The molecule has 0 saturated carbocycles. The van der Waals surface area contributed by atoms with E-state index in [2.05, 4.69) is 20.4 Å². The second kappa shape index (κ2) is 7.49. The van der Waals surface area contributed by atoms with E-state index in [-0.39, 0.29) is 23.3 Å². The third-order valence-corrected chi connectivity index (χ3v) is 4.49. The SMILES string of the molecule is C/C=C\C(=O)Nc1cc(-c2cccs2)nn1-c1nc(C(C)C)cc(=O)[nH]1. The van der Waals surface area contributed by atoms with E-state index >= 15 is 0 Å². The standard InChI is InChI=1S/C18H19N5O2S/c1-4-6-16(24)20-15-9-13(14-7-5-8-26-14)22-23(15)18-19-12(11(2)3)10-17(25)21-18/h4-11H,1-3H3,(H,20,24)(H,19,21,25)/b6-4-. The summed E-state index contributed by atoms with van der Waals surface area (Å²) in [7, 11) is 0. The monoisotopic (exact) mass is 369 g/mol. The molecule has 0 bridgehead atoms. The van der Waals surface area contributed by atoms with Crippen molar-refractivity contribution in [3.63, 3.8) is 0 Å². The van der Waals surface area contributed by atoms with E-state index in [1.165, 1.54) is 28.2 Å². The van der Waals surface area contributed by atoms with Gasteiger partial charge in [-0.05, 0) is 30.4 Å². The Kier molecular flexibility index (Phi) is 5.13. The summed E-state index contributed by atoms with van der Waals surface area (Å²) in [5.41, 5.74) is 1.08. The number of aromatic amines is 1. The first-order valence-corrected chi connectivity index (χ1v) is 9.05. The van der Waals surface area contributed by atoms with Crippen molar-refractivity contribution in [2.24, 2.45) is 0 Å². The van der Waals surface area contributed by atoms with E-state index in [9.17, 15) is 9.59 Å². The lowest BCUT2D eigenvalue weighted by molar-refractivity contribution is -0.111. The molecule has 3 aromatic heterocycles. The summed E-state index contributed by atoms with van der Waals surface area (Å²) < 4.78 is 1.45. The van der Waals surface area contributed by atoms with Crippen molar-refractivity contribution in [3.05, 3.63) is 57.8 Å². The van der Waals surface area contributed by atoms with Crippen LogP contribution >= 0.6 is 11.3 Å². The van der Waals surface area contributed by atoms with Gasteiger partial charge in [0.15, 0.2) is 0 Å². The van der Waals surface area contributed by atoms with Crippen molar-refractivity contribution in [3.8, 4) is 16.5 Å². The van der Waals surface area contributed by atoms with E-state index in [4.69, 9.17) is 0 Å². The zero-order valence-electron chi connectivity index (χ0n) is 14.7. The normalized spacial score (nSPS) is 11.4. The molecule has 0 saturated heterocycles. The number of anilines is 1. The number of carbonyl (C=O) groups excluding carboxylic acids is 1. The maximum atomic E-state index is 12.0. The summed E-state index contributed by atoms with van der Waals surface area (Å²) in [4.78, 5) is 32.2. The highest BCUT2D eigenvalue weighted by molar-refractivity contribution is 7.13. The van der Waals surface area contributed by atoms with Gasteiger partial charge in [-0.2, -0.15) is 9.78 Å². The Morgan fingerprint density at radius 3 is 2.85 bits per heavy atom. The predicted molar refractivity (Wildman–Crippen MR) is 103 cm³/mol. The summed E-state index contributed by atoms with van der Waals surface area (Å²) in [5, 5.41) is 9.26. The maximum absolute atomic E-state index is 12.0. The molecular weight excluding hydrogens is 350 g/mol. The van der Waals surface area contributed by atoms with Crippen LogP contribution in [0.2, 0.25) is 0 Å². The lowest BCUT2D eigenvalue weighted by Crippen LogP contribution is -2.18. The molecule has 0 radical (unpaired) electrons. The van der Waals surface area contributed by atoms with E-state index in [0.717, 1.165) is 4.88 Å². The van der Waals surface area contributed by atoms with Crippen LogP contribution in [-0.2, 0) is 4.79 Å². The Morgan fingerprint density at radius 1 is 1.38 bits per heavy atom. The Hall–Kier alpha value is -3.00. The molecule has 0 aliphatic heterocycles. The van der Waals surface area contributed by atoms with Crippen LogP contribution in [0.1, 0.15) is 32.4 Å². The molecule has 0 unspecified atom stereocenters. The Bertz CT molecular complexity index is 999. The van der Waals surface area contributed by atoms with Gasteiger partial charge >= 0.3 is 0 Å². The molecule has 0 fully saturated rings. The Labute approximate surface area is 154 Å². The minimum absolute atomic E-state index is 0.0874. The van der Waals surface area contributed by atoms with Crippen molar-refractivity contribution in [1.29, 1.82) is 0 Å². The summed E-state index contributed by atoms with van der Waals surface area (Å²) in [6.07, 6.45) is 3.07. The van der Waals surface area contributed by atoms with Gasteiger partial charge in [-0.1, -0.05) is 26.0 Å². The number of nitrogens with zero attached hydrogens (tertiary/aromatic N) is 3. The van der Waals surface area contributed by atoms with Crippen LogP contribution in [-0.4, -0.2) is 25.7 Å². The molecule has 0 aliphatic rings. The third kappa shape index (κ3) is 3.80. The fourth-order valence-corrected chi connectivity index (χ4v) is 3.04. The highest BCUT2D eigenvalue weighted by Gasteiger charge is 2.16. The van der Waals surface area contributed by atoms with Crippen LogP contribution in [0.3, 0.4) is 0 Å². The highest BCUT2D eigenvalue weighted by atomic mass is 32.1. The molecular formula is C18H19N5O2S. The zero-order chi connectivity index (χ0) is 18.7. The first kappa shape index (κ1) is 17.8. The molecule has 26 heavy (non-hydrogen) atoms. The van der Waals surface area contributed by atoms with Gasteiger partial charge < -0.3 is 5.32 Å². The number of H-pyrrole nitrogens is 1. The summed E-state index contributed by atoms with van der Waals surface area (Å²) >= 11 is 1.54. The van der Waals surface area contributed by atoms with Gasteiger partial charge in [-0.25, -0.2) is 4.98 Å². The van der Waals surface area contributed by atoms with E-state index in [1.54, 1.807) is 19.1 Å². The minimum atomic E-state index is -0.284. The van der Waals surface area contributed by atoms with Gasteiger partial charge in [-0.15, -0.1) is 11.3 Å². The number of hydrogen-bond donors (Lipinski definition) is 2. The van der Waals surface area contributed by atoms with Crippen LogP contribution in [0, 0.1) is 0 Å². The largest absolute Gasteiger partial charge is 0.307 e. The number of allylic oxidation sites excluding steroid dienone is 1. The van der Waals surface area contributed by atoms with E-state index in [0.29, 0.717) is 17.2 Å². The number of thiophene rings is 1. The fraction of sp³-hybridized carbons (Fsp3) is 0.222. The molecule has 0 aromatic carbocycles. The number of nitrogens with one attached hydrogen (secondary N) is 2. The van der Waals surface area contributed by atoms with Crippen molar-refractivity contribution < 1.29 is 4.79 Å². The maximum Gasteiger partial charge on any atom is 0.252 e. The molecule has 0 spiro atoms. The summed E-state index contributed by atoms with van der Waals surface area (Å²) in [6, 6.07) is 7.09. The van der Waals surface area contributed by atoms with E-state index in [1.807, 2.05) is 31.4 Å². The first-order valence-electron chi connectivity index (χ1n) is 8.17. The topological polar surface area (TPSA) is 92.7 Å². The van der Waals surface area contributed by atoms with Gasteiger partial charge in [0.25, 0.3) is 5.56 Å². The third-order valence-electron chi connectivity index (χ3n) is 3.59. The molecule has 8 heteroatoms. The Balaban J connectivity index is 2.12. The second-order valence-electron chi connectivity index (χ2n) is 5.94. The molecule has 3 heterocycles. The number of hydrogen-bond acceptors (Lipinski definition) is 5. The molecule has 0 atom stereocenters. The lowest BCUT2D eigenvalue weighted by Gasteiger charge is -2.09. The van der Waals surface area contributed by atoms with Gasteiger partial charge in [0.1, 0.15) is 11.5 Å². The molecule has 3 aromatic rings. The van der Waals surface area contributed by atoms with Crippen molar-refractivity contribution in [2.75, 3.05) is 5.32 Å². The van der Waals surface area contributed by atoms with Crippen molar-refractivity contribution in [1.82, 2.24) is 19.7 Å². The van der Waals surface area contributed by atoms with Crippen LogP contribution < -0.4 is 10.9 Å². The summed E-state index contributed by atoms with van der Waals surface area (Å²) in [5.74, 6) is 0.499. The van der Waals surface area contributed by atoms with Gasteiger partial charge in [0.2, 0.25) is 11.9 Å². The smallest absolute Gasteiger partial charge is 0.252 e. The van der Waals surface area contributed by atoms with Crippen LogP contribution in [0.25, 0.3) is 16.5 Å². The molecule has 1 amide bonds. The molecule has 7 nitrogen and oxygen atoms in total. The lowest BCUT2D eigenvalue weighted by atomic mass is 10.1. The Morgan fingerprint density at radius 2 is 2.19 bits per heavy atom. The average Bonchev–Trinajstić information content (AvgIpc) is 3.23. The van der Waals surface area contributed by atoms with Crippen LogP contribution in [0.4, 0.5) is 5.82 Å².